The first-order chi connectivity index (χ1) is 13.0. The van der Waals surface area contributed by atoms with E-state index in [-0.39, 0.29) is 13.0 Å². The van der Waals surface area contributed by atoms with Gasteiger partial charge in [-0.15, -0.1) is 0 Å². The third-order valence-electron chi connectivity index (χ3n) is 4.13. The molecule has 0 saturated carbocycles. The van der Waals surface area contributed by atoms with Crippen LogP contribution in [-0.2, 0) is 27.3 Å². The van der Waals surface area contributed by atoms with Crippen molar-refractivity contribution in [2.24, 2.45) is 0 Å². The highest BCUT2D eigenvalue weighted by Gasteiger charge is 2.23. The lowest BCUT2D eigenvalue weighted by Gasteiger charge is -2.16. The highest BCUT2D eigenvalue weighted by Crippen LogP contribution is 2.21. The summed E-state index contributed by atoms with van der Waals surface area (Å²) in [5, 5.41) is 3.53. The van der Waals surface area contributed by atoms with Crippen LogP contribution in [0.5, 0.6) is 0 Å². The zero-order valence-electron chi connectivity index (χ0n) is 15.2. The van der Waals surface area contributed by atoms with Crippen molar-refractivity contribution in [3.05, 3.63) is 71.5 Å². The first-order valence-electron chi connectivity index (χ1n) is 8.59. The van der Waals surface area contributed by atoms with Crippen molar-refractivity contribution in [3.8, 4) is 0 Å². The van der Waals surface area contributed by atoms with Crippen molar-refractivity contribution in [1.29, 1.82) is 0 Å². The lowest BCUT2D eigenvalue weighted by molar-refractivity contribution is -0.143. The Balaban J connectivity index is 1.65. The van der Waals surface area contributed by atoms with Crippen molar-refractivity contribution < 1.29 is 23.5 Å². The Labute approximate surface area is 157 Å². The second-order valence-electron chi connectivity index (χ2n) is 6.22. The number of aryl methyl sites for hydroxylation is 1. The van der Waals surface area contributed by atoms with E-state index in [2.05, 4.69) is 5.32 Å². The molecule has 0 spiro atoms. The van der Waals surface area contributed by atoms with Crippen LogP contribution >= 0.6 is 0 Å². The van der Waals surface area contributed by atoms with Crippen LogP contribution in [0.3, 0.4) is 0 Å². The molecule has 1 heterocycles. The Hall–Kier alpha value is -3.28. The molecule has 140 valence electrons. The highest BCUT2D eigenvalue weighted by molar-refractivity contribution is 5.82. The fourth-order valence-corrected chi connectivity index (χ4v) is 2.83. The minimum absolute atomic E-state index is 0.126. The lowest BCUT2D eigenvalue weighted by atomic mass is 10.0. The number of furan rings is 1. The molecule has 0 saturated heterocycles. The maximum absolute atomic E-state index is 12.1. The number of nitrogens with one attached hydrogen (secondary N) is 1. The third kappa shape index (κ3) is 4.88. The number of hydrogen-bond donors (Lipinski definition) is 1. The summed E-state index contributed by atoms with van der Waals surface area (Å²) < 4.78 is 15.6. The van der Waals surface area contributed by atoms with Crippen molar-refractivity contribution in [3.63, 3.8) is 0 Å². The van der Waals surface area contributed by atoms with Gasteiger partial charge in [-0.3, -0.25) is 0 Å². The molecule has 0 aliphatic carbocycles. The van der Waals surface area contributed by atoms with Crippen LogP contribution in [0.15, 0.2) is 59.0 Å². The third-order valence-corrected chi connectivity index (χ3v) is 4.13. The molecule has 0 bridgehead atoms. The van der Waals surface area contributed by atoms with Crippen LogP contribution in [0.2, 0.25) is 0 Å². The molecule has 0 unspecified atom stereocenters. The van der Waals surface area contributed by atoms with Gasteiger partial charge in [-0.25, -0.2) is 9.59 Å². The molecule has 0 aliphatic heterocycles. The molecule has 1 atom stereocenters. The Morgan fingerprint density at radius 1 is 1.07 bits per heavy atom. The van der Waals surface area contributed by atoms with E-state index in [1.807, 2.05) is 61.5 Å². The number of alkyl carbamates (subject to hydrolysis) is 1. The largest absolute Gasteiger partial charge is 0.467 e. The first kappa shape index (κ1) is 18.5. The number of carbonyl (C=O) groups excluding carboxylic acids is 2. The number of methoxy groups -OCH3 is 1. The van der Waals surface area contributed by atoms with Crippen molar-refractivity contribution in [2.45, 2.75) is 26.0 Å². The number of fused-ring (bicyclic) bond motifs is 1. The smallest absolute Gasteiger partial charge is 0.408 e. The Morgan fingerprint density at radius 3 is 2.59 bits per heavy atom. The monoisotopic (exact) mass is 367 g/mol. The van der Waals surface area contributed by atoms with Gasteiger partial charge in [-0.05, 0) is 36.2 Å². The number of hydrogen-bond acceptors (Lipinski definition) is 5. The summed E-state index contributed by atoms with van der Waals surface area (Å²) in [6.45, 7) is 2.00. The van der Waals surface area contributed by atoms with Crippen molar-refractivity contribution >= 4 is 23.0 Å². The van der Waals surface area contributed by atoms with Crippen LogP contribution in [0, 0.1) is 6.92 Å². The molecule has 3 aromatic rings. The summed E-state index contributed by atoms with van der Waals surface area (Å²) in [6, 6.07) is 16.0. The fourth-order valence-electron chi connectivity index (χ4n) is 2.83. The minimum Gasteiger partial charge on any atom is -0.467 e. The molecule has 0 aliphatic rings. The van der Waals surface area contributed by atoms with Gasteiger partial charge in [0.05, 0.1) is 7.11 Å². The van der Waals surface area contributed by atoms with Gasteiger partial charge in [0.25, 0.3) is 0 Å². The summed E-state index contributed by atoms with van der Waals surface area (Å²) in [6.07, 6.45) is -0.387. The normalized spacial score (nSPS) is 11.8. The molecule has 6 nitrogen and oxygen atoms in total. The number of rotatable bonds is 6. The predicted molar refractivity (Wildman–Crippen MR) is 100 cm³/mol. The molecule has 0 radical (unpaired) electrons. The quantitative estimate of drug-likeness (QED) is 0.672. The summed E-state index contributed by atoms with van der Waals surface area (Å²) in [5.41, 5.74) is 2.52. The van der Waals surface area contributed by atoms with Crippen molar-refractivity contribution in [2.75, 3.05) is 7.11 Å². The zero-order chi connectivity index (χ0) is 19.2. The van der Waals surface area contributed by atoms with Gasteiger partial charge in [-0.2, -0.15) is 0 Å². The van der Waals surface area contributed by atoms with Gasteiger partial charge in [0.15, 0.2) is 0 Å². The average molecular weight is 367 g/mol. The Bertz CT molecular complexity index is 932. The highest BCUT2D eigenvalue weighted by atomic mass is 16.6. The SMILES string of the molecule is COC(=O)[C@H](Cc1ccc2oc(C)cc2c1)NC(=O)OCc1ccccc1. The molecule has 27 heavy (non-hydrogen) atoms. The number of amides is 1. The lowest BCUT2D eigenvalue weighted by Crippen LogP contribution is -2.43. The summed E-state index contributed by atoms with van der Waals surface area (Å²) in [5.74, 6) is 0.282. The number of benzene rings is 2. The number of esters is 1. The summed E-state index contributed by atoms with van der Waals surface area (Å²) in [7, 11) is 1.29. The van der Waals surface area contributed by atoms with Gasteiger partial charge in [0.1, 0.15) is 24.0 Å². The molecule has 3 rings (SSSR count). The van der Waals surface area contributed by atoms with Gasteiger partial charge in [0.2, 0.25) is 0 Å². The molecule has 0 fully saturated rings. The van der Waals surface area contributed by atoms with Gasteiger partial charge < -0.3 is 19.2 Å². The zero-order valence-corrected chi connectivity index (χ0v) is 15.2. The van der Waals surface area contributed by atoms with Crippen LogP contribution < -0.4 is 5.32 Å². The fraction of sp³-hybridized carbons (Fsp3) is 0.238. The predicted octanol–water partition coefficient (Wildman–Crippen LogP) is 3.75. The second-order valence-corrected chi connectivity index (χ2v) is 6.22. The number of carbonyl (C=O) groups is 2. The van der Waals surface area contributed by atoms with Gasteiger partial charge >= 0.3 is 12.1 Å². The molecule has 1 amide bonds. The van der Waals surface area contributed by atoms with E-state index < -0.39 is 18.1 Å². The van der Waals surface area contributed by atoms with Crippen LogP contribution in [-0.4, -0.2) is 25.2 Å². The Morgan fingerprint density at radius 2 is 1.85 bits per heavy atom. The van der Waals surface area contributed by atoms with Crippen molar-refractivity contribution in [1.82, 2.24) is 5.32 Å². The van der Waals surface area contributed by atoms with E-state index >= 15 is 0 Å². The van der Waals surface area contributed by atoms with E-state index in [0.29, 0.717) is 0 Å². The second kappa shape index (κ2) is 8.40. The first-order valence-corrected chi connectivity index (χ1v) is 8.59. The van der Waals surface area contributed by atoms with Crippen LogP contribution in [0.1, 0.15) is 16.9 Å². The van der Waals surface area contributed by atoms with Crippen LogP contribution in [0.4, 0.5) is 4.79 Å². The topological polar surface area (TPSA) is 77.8 Å². The Kier molecular flexibility index (Phi) is 5.76. The standard InChI is InChI=1S/C21H21NO5/c1-14-10-17-11-16(8-9-19(17)27-14)12-18(20(23)25-2)22-21(24)26-13-15-6-4-3-5-7-15/h3-11,18H,12-13H2,1-2H3,(H,22,24)/t18-/m0/s1. The summed E-state index contributed by atoms with van der Waals surface area (Å²) >= 11 is 0. The van der Waals surface area contributed by atoms with Gasteiger partial charge in [0, 0.05) is 11.8 Å². The maximum atomic E-state index is 12.1. The van der Waals surface area contributed by atoms with E-state index in [1.54, 1.807) is 0 Å². The maximum Gasteiger partial charge on any atom is 0.408 e. The molecular weight excluding hydrogens is 346 g/mol. The molecule has 1 N–H and O–H groups in total. The molecule has 2 aromatic carbocycles. The summed E-state index contributed by atoms with van der Waals surface area (Å²) in [4.78, 5) is 24.2. The van der Waals surface area contributed by atoms with E-state index in [1.165, 1.54) is 7.11 Å². The molecule has 6 heteroatoms. The van der Waals surface area contributed by atoms with Gasteiger partial charge in [-0.1, -0.05) is 36.4 Å². The van der Waals surface area contributed by atoms with Crippen LogP contribution in [0.25, 0.3) is 11.0 Å². The molecular formula is C21H21NO5. The minimum atomic E-state index is -0.844. The number of ether oxygens (including phenoxy) is 2. The van der Waals surface area contributed by atoms with E-state index in [9.17, 15) is 9.59 Å². The van der Waals surface area contributed by atoms with E-state index in [0.717, 1.165) is 27.9 Å². The average Bonchev–Trinajstić information content (AvgIpc) is 3.05. The van der Waals surface area contributed by atoms with E-state index in [4.69, 9.17) is 13.9 Å². The molecule has 1 aromatic heterocycles.